The molecule has 2 atom stereocenters. The summed E-state index contributed by atoms with van der Waals surface area (Å²) in [4.78, 5) is 31.7. The first-order valence-electron chi connectivity index (χ1n) is 15.2. The molecule has 5 aromatic rings. The van der Waals surface area contributed by atoms with Crippen molar-refractivity contribution in [3.8, 4) is 11.4 Å². The van der Waals surface area contributed by atoms with Crippen LogP contribution in [0.5, 0.6) is 0 Å². The standard InChI is InChI=1S/C33H37N9O2S2/c1-20(2)18-26(28-37-39-32(45)41(28)22-12-7-5-8-13-22)35-30(43)24-16-11-17-25(34-24)31(44)36-27(19-21(3)4)29-38-40-33(46)42(29)23-14-9-6-10-15-23/h5-17,20-21,26-27H,18-19H2,1-4H3,(H,35,43)(H,36,44)(H,39,45)(H,40,46). The third-order valence-electron chi connectivity index (χ3n) is 7.29. The van der Waals surface area contributed by atoms with Crippen LogP contribution in [0.25, 0.3) is 11.4 Å². The maximum Gasteiger partial charge on any atom is 0.270 e. The molecule has 11 nitrogen and oxygen atoms in total. The minimum absolute atomic E-state index is 0.106. The van der Waals surface area contributed by atoms with Gasteiger partial charge in [0.05, 0.1) is 12.1 Å². The second-order valence-corrected chi connectivity index (χ2v) is 12.6. The van der Waals surface area contributed by atoms with E-state index in [2.05, 4.69) is 63.7 Å². The van der Waals surface area contributed by atoms with Crippen LogP contribution in [0.4, 0.5) is 0 Å². The molecular weight excluding hydrogens is 619 g/mol. The van der Waals surface area contributed by atoms with Gasteiger partial charge in [0, 0.05) is 11.4 Å². The first-order valence-corrected chi connectivity index (χ1v) is 16.0. The second kappa shape index (κ2) is 14.6. The summed E-state index contributed by atoms with van der Waals surface area (Å²) < 4.78 is 4.48. The molecule has 2 amide bonds. The van der Waals surface area contributed by atoms with Gasteiger partial charge in [0.1, 0.15) is 11.4 Å². The molecule has 0 fully saturated rings. The molecule has 0 aliphatic heterocycles. The minimum atomic E-state index is -0.476. The number of hydrogen-bond donors (Lipinski definition) is 4. The fraction of sp³-hybridized carbons (Fsp3) is 0.303. The Balaban J connectivity index is 1.40. The normalized spacial score (nSPS) is 12.7. The van der Waals surface area contributed by atoms with Crippen LogP contribution in [0.3, 0.4) is 0 Å². The van der Waals surface area contributed by atoms with Gasteiger partial charge in [-0.05, 0) is 85.5 Å². The zero-order valence-corrected chi connectivity index (χ0v) is 27.7. The molecule has 3 heterocycles. The van der Waals surface area contributed by atoms with E-state index in [-0.39, 0.29) is 23.2 Å². The van der Waals surface area contributed by atoms with Crippen molar-refractivity contribution in [2.45, 2.75) is 52.6 Å². The van der Waals surface area contributed by atoms with E-state index in [4.69, 9.17) is 24.4 Å². The summed E-state index contributed by atoms with van der Waals surface area (Å²) in [7, 11) is 0. The molecule has 0 aliphatic rings. The van der Waals surface area contributed by atoms with E-state index >= 15 is 0 Å². The molecule has 238 valence electrons. The van der Waals surface area contributed by atoms with Crippen molar-refractivity contribution in [3.63, 3.8) is 0 Å². The number of para-hydroxylation sites is 2. The largest absolute Gasteiger partial charge is 0.341 e. The summed E-state index contributed by atoms with van der Waals surface area (Å²) in [6.45, 7) is 8.28. The van der Waals surface area contributed by atoms with E-state index in [0.717, 1.165) is 11.4 Å². The topological polar surface area (TPSA) is 138 Å². The van der Waals surface area contributed by atoms with Crippen molar-refractivity contribution in [2.24, 2.45) is 11.8 Å². The highest BCUT2D eigenvalue weighted by molar-refractivity contribution is 7.71. The van der Waals surface area contributed by atoms with E-state index in [1.807, 2.05) is 69.8 Å². The Labute approximate surface area is 277 Å². The van der Waals surface area contributed by atoms with Crippen molar-refractivity contribution < 1.29 is 9.59 Å². The molecule has 2 aromatic carbocycles. The van der Waals surface area contributed by atoms with E-state index < -0.39 is 23.9 Å². The van der Waals surface area contributed by atoms with Gasteiger partial charge in [-0.3, -0.25) is 28.9 Å². The summed E-state index contributed by atoms with van der Waals surface area (Å²) in [5, 5.41) is 20.9. The number of carbonyl (C=O) groups excluding carboxylic acids is 2. The van der Waals surface area contributed by atoms with Crippen LogP contribution in [0.1, 0.15) is 85.2 Å². The number of H-pyrrole nitrogens is 2. The Morgan fingerprint density at radius 2 is 1.04 bits per heavy atom. The summed E-state index contributed by atoms with van der Waals surface area (Å²) in [6, 6.07) is 23.1. The number of hydrogen-bond acceptors (Lipinski definition) is 7. The third kappa shape index (κ3) is 7.54. The lowest BCUT2D eigenvalue weighted by Crippen LogP contribution is -2.34. The molecule has 0 radical (unpaired) electrons. The van der Waals surface area contributed by atoms with E-state index in [0.29, 0.717) is 34.0 Å². The Morgan fingerprint density at radius 3 is 1.41 bits per heavy atom. The van der Waals surface area contributed by atoms with Gasteiger partial charge in [0.15, 0.2) is 21.2 Å². The predicted octanol–water partition coefficient (Wildman–Crippen LogP) is 6.60. The van der Waals surface area contributed by atoms with E-state index in [1.54, 1.807) is 18.2 Å². The Bertz CT molecular complexity index is 1780. The maximum atomic E-state index is 13.6. The van der Waals surface area contributed by atoms with Gasteiger partial charge in [-0.2, -0.15) is 10.2 Å². The van der Waals surface area contributed by atoms with Gasteiger partial charge in [0.2, 0.25) is 0 Å². The Morgan fingerprint density at radius 1 is 0.652 bits per heavy atom. The summed E-state index contributed by atoms with van der Waals surface area (Å²) in [5.74, 6) is 0.763. The molecule has 46 heavy (non-hydrogen) atoms. The lowest BCUT2D eigenvalue weighted by Gasteiger charge is -2.21. The van der Waals surface area contributed by atoms with Gasteiger partial charge in [-0.15, -0.1) is 0 Å². The van der Waals surface area contributed by atoms with Crippen molar-refractivity contribution >= 4 is 36.3 Å². The highest BCUT2D eigenvalue weighted by Gasteiger charge is 2.26. The number of nitrogens with one attached hydrogen (secondary N) is 4. The van der Waals surface area contributed by atoms with Crippen LogP contribution in [0.15, 0.2) is 78.9 Å². The number of pyridine rings is 1. The number of rotatable bonds is 12. The molecule has 13 heteroatoms. The quantitative estimate of drug-likeness (QED) is 0.111. The molecule has 4 N–H and O–H groups in total. The van der Waals surface area contributed by atoms with Gasteiger partial charge in [0.25, 0.3) is 11.8 Å². The lowest BCUT2D eigenvalue weighted by atomic mass is 10.0. The van der Waals surface area contributed by atoms with Crippen molar-refractivity contribution in [1.29, 1.82) is 0 Å². The monoisotopic (exact) mass is 655 g/mol. The van der Waals surface area contributed by atoms with Crippen LogP contribution in [-0.4, -0.2) is 46.3 Å². The Hall–Kier alpha value is -4.75. The number of aromatic amines is 2. The molecule has 0 bridgehead atoms. The minimum Gasteiger partial charge on any atom is -0.341 e. The average Bonchev–Trinajstić information content (AvgIpc) is 3.63. The summed E-state index contributed by atoms with van der Waals surface area (Å²) in [5.41, 5.74) is 1.88. The second-order valence-electron chi connectivity index (χ2n) is 11.8. The molecule has 3 aromatic heterocycles. The fourth-order valence-corrected chi connectivity index (χ4v) is 5.78. The van der Waals surface area contributed by atoms with Crippen LogP contribution in [-0.2, 0) is 0 Å². The highest BCUT2D eigenvalue weighted by atomic mass is 32.1. The number of nitrogens with zero attached hydrogens (tertiary/aromatic N) is 5. The molecule has 5 rings (SSSR count). The molecule has 0 spiro atoms. The van der Waals surface area contributed by atoms with Crippen LogP contribution >= 0.6 is 24.4 Å². The maximum absolute atomic E-state index is 13.6. The highest BCUT2D eigenvalue weighted by Crippen LogP contribution is 2.25. The van der Waals surface area contributed by atoms with Gasteiger partial charge < -0.3 is 10.6 Å². The third-order valence-corrected chi connectivity index (χ3v) is 7.84. The van der Waals surface area contributed by atoms with Crippen LogP contribution < -0.4 is 10.6 Å². The zero-order valence-electron chi connectivity index (χ0n) is 26.1. The fourth-order valence-electron chi connectivity index (χ4n) is 5.29. The lowest BCUT2D eigenvalue weighted by molar-refractivity contribution is 0.0920. The van der Waals surface area contributed by atoms with Crippen molar-refractivity contribution in [3.05, 3.63) is 111 Å². The average molecular weight is 656 g/mol. The number of carbonyl (C=O) groups is 2. The number of benzene rings is 2. The summed E-state index contributed by atoms with van der Waals surface area (Å²) in [6.07, 6.45) is 1.20. The first-order chi connectivity index (χ1) is 22.1. The number of aromatic nitrogens is 7. The van der Waals surface area contributed by atoms with Crippen molar-refractivity contribution in [1.82, 2.24) is 45.1 Å². The molecule has 0 saturated heterocycles. The summed E-state index contributed by atoms with van der Waals surface area (Å²) >= 11 is 11.1. The molecular formula is C33H37N9O2S2. The van der Waals surface area contributed by atoms with Crippen molar-refractivity contribution in [2.75, 3.05) is 0 Å². The predicted molar refractivity (Wildman–Crippen MR) is 181 cm³/mol. The zero-order chi connectivity index (χ0) is 32.8. The van der Waals surface area contributed by atoms with E-state index in [1.165, 1.54) is 0 Å². The van der Waals surface area contributed by atoms with Gasteiger partial charge in [-0.1, -0.05) is 70.2 Å². The molecule has 2 unspecified atom stereocenters. The molecule has 0 aliphatic carbocycles. The SMILES string of the molecule is CC(C)CC(NC(=O)c1cccc(C(=O)NC(CC(C)C)c2n[nH]c(=S)n2-c2ccccc2)n1)c1n[nH]c(=S)n1-c1ccccc1. The van der Waals surface area contributed by atoms with Crippen LogP contribution in [0.2, 0.25) is 0 Å². The first kappa shape index (κ1) is 32.6. The van der Waals surface area contributed by atoms with Gasteiger partial charge >= 0.3 is 0 Å². The smallest absolute Gasteiger partial charge is 0.270 e. The van der Waals surface area contributed by atoms with Crippen LogP contribution in [0, 0.1) is 21.4 Å². The Kier molecular flexibility index (Phi) is 10.3. The molecule has 0 saturated carbocycles. The number of amides is 2. The van der Waals surface area contributed by atoms with Gasteiger partial charge in [-0.25, -0.2) is 4.98 Å². The van der Waals surface area contributed by atoms with E-state index in [9.17, 15) is 9.59 Å².